The highest BCUT2D eigenvalue weighted by molar-refractivity contribution is 7.55. The number of hydrogen-bond donors (Lipinski definition) is 0. The van der Waals surface area contributed by atoms with E-state index >= 15 is 0 Å². The Morgan fingerprint density at radius 1 is 0.538 bits per heavy atom. The summed E-state index contributed by atoms with van der Waals surface area (Å²) in [6.45, 7) is 8.26. The predicted octanol–water partition coefficient (Wildman–Crippen LogP) is 7.28. The quantitative estimate of drug-likeness (QED) is 0.0641. The van der Waals surface area contributed by atoms with Crippen molar-refractivity contribution in [2.75, 3.05) is 39.5 Å². The summed E-state index contributed by atoms with van der Waals surface area (Å²) < 4.78 is 51.0. The van der Waals surface area contributed by atoms with E-state index in [0.717, 1.165) is 62.5 Å². The Balaban J connectivity index is 1.08. The minimum Gasteiger partial charge on any atom is -0.308 e. The Hall–Kier alpha value is -1.94. The number of carbonyl (C=O) groups excluding carboxylic acids is 4. The largest absolute Gasteiger partial charge is 0.338 e. The minimum absolute atomic E-state index is 0.0251. The lowest BCUT2D eigenvalue weighted by atomic mass is 9.67. The zero-order valence-electron chi connectivity index (χ0n) is 31.4. The van der Waals surface area contributed by atoms with Crippen molar-refractivity contribution in [1.29, 1.82) is 0 Å². The maximum absolute atomic E-state index is 14.1. The van der Waals surface area contributed by atoms with Crippen molar-refractivity contribution < 1.29 is 46.4 Å². The third-order valence-corrected chi connectivity index (χ3v) is 17.1. The minimum atomic E-state index is -3.69. The maximum atomic E-state index is 14.1. The molecule has 4 fully saturated rings. The molecule has 52 heavy (non-hydrogen) atoms. The molecule has 0 radical (unpaired) electrons. The molecule has 0 aromatic rings. The van der Waals surface area contributed by atoms with E-state index in [1.54, 1.807) is 27.7 Å². The van der Waals surface area contributed by atoms with Gasteiger partial charge in [-0.25, -0.2) is 0 Å². The molecule has 2 unspecified atom stereocenters. The first-order valence-corrected chi connectivity index (χ1v) is 23.2. The van der Waals surface area contributed by atoms with Gasteiger partial charge in [-0.15, -0.1) is 0 Å². The molecular formula is C38H58N2O10P2. The molecule has 6 aliphatic rings. The van der Waals surface area contributed by atoms with E-state index in [1.807, 2.05) is 12.2 Å². The van der Waals surface area contributed by atoms with Gasteiger partial charge < -0.3 is 18.1 Å². The van der Waals surface area contributed by atoms with Gasteiger partial charge in [-0.05, 0) is 90.9 Å². The van der Waals surface area contributed by atoms with Gasteiger partial charge in [0.2, 0.25) is 23.6 Å². The van der Waals surface area contributed by atoms with Gasteiger partial charge >= 0.3 is 15.2 Å². The molecule has 12 nitrogen and oxygen atoms in total. The van der Waals surface area contributed by atoms with E-state index < -0.39 is 50.2 Å². The van der Waals surface area contributed by atoms with Crippen LogP contribution in [0.4, 0.5) is 0 Å². The number of hydrogen-bond acceptors (Lipinski definition) is 10. The molecule has 14 heteroatoms. The SMILES string of the molecule is CCOP(=O)(OCC)[C@@H]1C=C2CCCCC2[C@@H]2C(=O)N(CCCCCCN3C(=O)[C@@H]4[C@H](P(=O)(OCC)OCC)C=C5CCCCC5[C@@H]4C3=O)C(=O)[C@H]12. The number of allylic oxidation sites excluding steroid dienone is 4. The zero-order chi connectivity index (χ0) is 37.2. The monoisotopic (exact) mass is 764 g/mol. The van der Waals surface area contributed by atoms with Crippen LogP contribution in [0.2, 0.25) is 0 Å². The van der Waals surface area contributed by atoms with Crippen molar-refractivity contribution in [2.45, 2.75) is 116 Å². The second-order valence-electron chi connectivity index (χ2n) is 15.1. The van der Waals surface area contributed by atoms with Crippen molar-refractivity contribution in [2.24, 2.45) is 35.5 Å². The average molecular weight is 765 g/mol. The third kappa shape index (κ3) is 7.26. The average Bonchev–Trinajstić information content (AvgIpc) is 3.53. The van der Waals surface area contributed by atoms with E-state index in [1.165, 1.54) is 9.80 Å². The van der Waals surface area contributed by atoms with E-state index in [0.29, 0.717) is 25.7 Å². The molecule has 2 aliphatic heterocycles. The Morgan fingerprint density at radius 3 is 1.23 bits per heavy atom. The fourth-order valence-corrected chi connectivity index (χ4v) is 14.6. The van der Waals surface area contributed by atoms with Crippen LogP contribution in [0.3, 0.4) is 0 Å². The number of imide groups is 2. The number of likely N-dealkylation sites (tertiary alicyclic amines) is 2. The summed E-state index contributed by atoms with van der Waals surface area (Å²) in [7, 11) is -7.38. The van der Waals surface area contributed by atoms with Gasteiger partial charge in [-0.3, -0.25) is 38.1 Å². The zero-order valence-corrected chi connectivity index (χ0v) is 33.2. The Kier molecular flexibility index (Phi) is 12.9. The number of fused-ring (bicyclic) bond motifs is 6. The van der Waals surface area contributed by atoms with Gasteiger partial charge in [0.15, 0.2) is 0 Å². The van der Waals surface area contributed by atoms with Crippen molar-refractivity contribution >= 4 is 38.8 Å². The summed E-state index contributed by atoms with van der Waals surface area (Å²) in [6, 6.07) is 0. The molecule has 0 aromatic carbocycles. The second kappa shape index (κ2) is 16.8. The van der Waals surface area contributed by atoms with Crippen molar-refractivity contribution in [3.63, 3.8) is 0 Å². The fraction of sp³-hybridized carbons (Fsp3) is 0.789. The predicted molar refractivity (Wildman–Crippen MR) is 195 cm³/mol. The molecule has 8 atom stereocenters. The molecule has 4 amide bonds. The number of nitrogens with zero attached hydrogens (tertiary/aromatic N) is 2. The van der Waals surface area contributed by atoms with Crippen LogP contribution in [0.1, 0.15) is 105 Å². The molecule has 4 aliphatic carbocycles. The topological polar surface area (TPSA) is 146 Å². The standard InChI is InChI=1S/C38H58N2O10P2/c1-5-47-51(45,48-6-2)29-23-25-17-11-13-19-27(25)31-33(29)37(43)39(35(31)41)21-15-9-10-16-22-40-36(42)32-28-20-14-12-18-26(28)24-30(34(32)38(40)44)52(46,49-7-3)50-8-4/h23-24,27-34H,5-22H2,1-4H3/t27?,28?,29-,30-,31+,32+,33-,34-/m1/s1. The maximum Gasteiger partial charge on any atom is 0.338 e. The van der Waals surface area contributed by atoms with Crippen molar-refractivity contribution in [3.05, 3.63) is 23.3 Å². The molecule has 2 heterocycles. The lowest BCUT2D eigenvalue weighted by Crippen LogP contribution is -2.40. The molecule has 0 aromatic heterocycles. The molecule has 0 N–H and O–H groups in total. The van der Waals surface area contributed by atoms with Crippen LogP contribution in [0.5, 0.6) is 0 Å². The van der Waals surface area contributed by atoms with Gasteiger partial charge in [0.25, 0.3) is 0 Å². The summed E-state index contributed by atoms with van der Waals surface area (Å²) in [5.74, 6) is -3.63. The number of unbranched alkanes of at least 4 members (excludes halogenated alkanes) is 3. The van der Waals surface area contributed by atoms with Crippen LogP contribution in [0, 0.1) is 35.5 Å². The van der Waals surface area contributed by atoms with Crippen molar-refractivity contribution in [1.82, 2.24) is 9.80 Å². The Morgan fingerprint density at radius 2 is 0.885 bits per heavy atom. The summed E-state index contributed by atoms with van der Waals surface area (Å²) in [5.41, 5.74) is 0.647. The molecule has 6 rings (SSSR count). The van der Waals surface area contributed by atoms with E-state index in [9.17, 15) is 28.3 Å². The van der Waals surface area contributed by atoms with Crippen LogP contribution in [-0.4, -0.2) is 84.3 Å². The number of carbonyl (C=O) groups is 4. The second-order valence-corrected chi connectivity index (χ2v) is 19.5. The smallest absolute Gasteiger partial charge is 0.308 e. The summed E-state index contributed by atoms with van der Waals surface area (Å²) in [5, 5.41) is 0. The molecule has 2 saturated carbocycles. The molecule has 2 saturated heterocycles. The van der Waals surface area contributed by atoms with Crippen LogP contribution >= 0.6 is 15.2 Å². The van der Waals surface area contributed by atoms with Crippen LogP contribution < -0.4 is 0 Å². The van der Waals surface area contributed by atoms with E-state index in [4.69, 9.17) is 18.1 Å². The van der Waals surface area contributed by atoms with E-state index in [2.05, 4.69) is 0 Å². The van der Waals surface area contributed by atoms with Crippen LogP contribution in [0.15, 0.2) is 23.3 Å². The van der Waals surface area contributed by atoms with Crippen molar-refractivity contribution in [3.8, 4) is 0 Å². The molecule has 0 bridgehead atoms. The number of amides is 4. The first kappa shape index (κ1) is 39.7. The van der Waals surface area contributed by atoms with Gasteiger partial charge in [-0.2, -0.15) is 0 Å². The van der Waals surface area contributed by atoms with Crippen LogP contribution in [-0.2, 0) is 46.4 Å². The highest BCUT2D eigenvalue weighted by atomic mass is 31.2. The van der Waals surface area contributed by atoms with E-state index in [-0.39, 0.29) is 75.0 Å². The number of rotatable bonds is 17. The Bertz CT molecular complexity index is 1410. The highest BCUT2D eigenvalue weighted by Gasteiger charge is 2.62. The molecular weight excluding hydrogens is 706 g/mol. The van der Waals surface area contributed by atoms with Gasteiger partial charge in [0.05, 0.1) is 61.4 Å². The highest BCUT2D eigenvalue weighted by Crippen LogP contribution is 2.64. The normalized spacial score (nSPS) is 32.0. The third-order valence-electron chi connectivity index (χ3n) is 12.2. The summed E-state index contributed by atoms with van der Waals surface area (Å²) in [4.78, 5) is 58.6. The van der Waals surface area contributed by atoms with Gasteiger partial charge in [0, 0.05) is 13.1 Å². The van der Waals surface area contributed by atoms with Gasteiger partial charge in [0.1, 0.15) is 0 Å². The summed E-state index contributed by atoms with van der Waals surface area (Å²) in [6.07, 6.45) is 13.8. The molecule has 290 valence electrons. The Labute approximate surface area is 308 Å². The van der Waals surface area contributed by atoms with Crippen LogP contribution in [0.25, 0.3) is 0 Å². The fourth-order valence-electron chi connectivity index (χ4n) is 10.2. The lowest BCUT2D eigenvalue weighted by Gasteiger charge is -2.40. The lowest BCUT2D eigenvalue weighted by molar-refractivity contribution is -0.142. The van der Waals surface area contributed by atoms with Gasteiger partial charge in [-0.1, -0.05) is 49.0 Å². The molecule has 0 spiro atoms. The summed E-state index contributed by atoms with van der Waals surface area (Å²) >= 11 is 0. The first-order chi connectivity index (χ1) is 25.0. The first-order valence-electron chi connectivity index (χ1n) is 19.9.